The summed E-state index contributed by atoms with van der Waals surface area (Å²) >= 11 is 0. The van der Waals surface area contributed by atoms with E-state index in [1.54, 1.807) is 19.9 Å². The molecule has 0 unspecified atom stereocenters. The lowest BCUT2D eigenvalue weighted by atomic mass is 9.83. The number of phenols is 1. The number of phenolic OH excluding ortho intramolecular Hbond substituents is 1. The molecular weight excluding hydrogens is 242 g/mol. The Kier molecular flexibility index (Phi) is 4.58. The maximum atomic E-state index is 11.2. The molecule has 4 nitrogen and oxygen atoms in total. The monoisotopic (exact) mass is 265 g/mol. The van der Waals surface area contributed by atoms with E-state index in [0.29, 0.717) is 13.0 Å². The molecule has 0 atom stereocenters. The summed E-state index contributed by atoms with van der Waals surface area (Å²) in [7, 11) is 3.87. The number of benzene rings is 1. The van der Waals surface area contributed by atoms with Gasteiger partial charge in [0, 0.05) is 12.1 Å². The molecule has 0 fully saturated rings. The first-order valence-corrected chi connectivity index (χ1v) is 6.33. The van der Waals surface area contributed by atoms with Crippen molar-refractivity contribution in [3.8, 4) is 5.75 Å². The van der Waals surface area contributed by atoms with Crippen LogP contribution in [0.25, 0.3) is 0 Å². The highest BCUT2D eigenvalue weighted by Crippen LogP contribution is 2.30. The fourth-order valence-corrected chi connectivity index (χ4v) is 2.05. The third kappa shape index (κ3) is 3.70. The molecule has 0 aliphatic heterocycles. The van der Waals surface area contributed by atoms with Crippen LogP contribution in [0.2, 0.25) is 0 Å². The number of carboxylic acid groups (broad SMARTS) is 1. The number of hydrogen-bond donors (Lipinski definition) is 2. The van der Waals surface area contributed by atoms with Crippen molar-refractivity contribution < 1.29 is 15.0 Å². The highest BCUT2D eigenvalue weighted by atomic mass is 16.4. The number of carbonyl (C=O) groups is 1. The first-order valence-electron chi connectivity index (χ1n) is 6.33. The summed E-state index contributed by atoms with van der Waals surface area (Å²) in [5.41, 5.74) is 2.01. The second-order valence-electron chi connectivity index (χ2n) is 5.95. The third-order valence-electron chi connectivity index (χ3n) is 3.37. The number of hydrogen-bond acceptors (Lipinski definition) is 3. The van der Waals surface area contributed by atoms with E-state index in [4.69, 9.17) is 0 Å². The molecule has 0 bridgehead atoms. The van der Waals surface area contributed by atoms with Crippen molar-refractivity contribution in [2.24, 2.45) is 5.41 Å². The van der Waals surface area contributed by atoms with Gasteiger partial charge in [0.15, 0.2) is 0 Å². The van der Waals surface area contributed by atoms with Gasteiger partial charge in [-0.1, -0.05) is 6.07 Å². The Morgan fingerprint density at radius 2 is 1.89 bits per heavy atom. The fraction of sp³-hybridized carbons (Fsp3) is 0.533. The molecule has 19 heavy (non-hydrogen) atoms. The SMILES string of the molecule is Cc1c(CC(C)(C)C(=O)O)ccc(O)c1CN(C)C. The smallest absolute Gasteiger partial charge is 0.309 e. The van der Waals surface area contributed by atoms with E-state index >= 15 is 0 Å². The quantitative estimate of drug-likeness (QED) is 0.858. The van der Waals surface area contributed by atoms with E-state index in [9.17, 15) is 15.0 Å². The Bertz CT molecular complexity index is 479. The molecule has 1 aromatic carbocycles. The van der Waals surface area contributed by atoms with E-state index in [2.05, 4.69) is 0 Å². The molecule has 0 aliphatic rings. The molecule has 0 amide bonds. The van der Waals surface area contributed by atoms with Gasteiger partial charge in [-0.2, -0.15) is 0 Å². The minimum atomic E-state index is -0.811. The van der Waals surface area contributed by atoms with Crippen LogP contribution >= 0.6 is 0 Å². The molecule has 0 spiro atoms. The molecule has 2 N–H and O–H groups in total. The van der Waals surface area contributed by atoms with E-state index < -0.39 is 11.4 Å². The minimum Gasteiger partial charge on any atom is -0.508 e. The second-order valence-corrected chi connectivity index (χ2v) is 5.95. The summed E-state index contributed by atoms with van der Waals surface area (Å²) in [5, 5.41) is 19.1. The van der Waals surface area contributed by atoms with Crippen LogP contribution in [0.5, 0.6) is 5.75 Å². The summed E-state index contributed by atoms with van der Waals surface area (Å²) < 4.78 is 0. The topological polar surface area (TPSA) is 60.8 Å². The Balaban J connectivity index is 3.14. The zero-order valence-corrected chi connectivity index (χ0v) is 12.3. The van der Waals surface area contributed by atoms with Gasteiger partial charge >= 0.3 is 5.97 Å². The first kappa shape index (κ1) is 15.5. The highest BCUT2D eigenvalue weighted by molar-refractivity contribution is 5.74. The van der Waals surface area contributed by atoms with Crippen molar-refractivity contribution in [1.29, 1.82) is 0 Å². The van der Waals surface area contributed by atoms with Crippen LogP contribution in [0.15, 0.2) is 12.1 Å². The van der Waals surface area contributed by atoms with Crippen LogP contribution in [-0.2, 0) is 17.8 Å². The normalized spacial score (nSPS) is 11.9. The predicted molar refractivity (Wildman–Crippen MR) is 75.4 cm³/mol. The largest absolute Gasteiger partial charge is 0.508 e. The summed E-state index contributed by atoms with van der Waals surface area (Å²) in [6, 6.07) is 3.47. The van der Waals surface area contributed by atoms with E-state index in [1.807, 2.05) is 32.0 Å². The zero-order valence-electron chi connectivity index (χ0n) is 12.3. The molecule has 106 valence electrons. The zero-order chi connectivity index (χ0) is 14.8. The second kappa shape index (κ2) is 5.61. The number of aromatic hydroxyl groups is 1. The Morgan fingerprint density at radius 3 is 2.37 bits per heavy atom. The van der Waals surface area contributed by atoms with Crippen LogP contribution in [0.4, 0.5) is 0 Å². The first-order chi connectivity index (χ1) is 8.65. The van der Waals surface area contributed by atoms with Gasteiger partial charge in [-0.05, 0) is 58.5 Å². The molecule has 0 heterocycles. The van der Waals surface area contributed by atoms with Crippen molar-refractivity contribution in [1.82, 2.24) is 4.90 Å². The number of aliphatic carboxylic acids is 1. The van der Waals surface area contributed by atoms with Crippen molar-refractivity contribution >= 4 is 5.97 Å². The molecule has 1 aromatic rings. The molecule has 0 saturated carbocycles. The average Bonchev–Trinajstić information content (AvgIpc) is 2.27. The van der Waals surface area contributed by atoms with E-state index in [-0.39, 0.29) is 5.75 Å². The Labute approximate surface area is 114 Å². The summed E-state index contributed by atoms with van der Waals surface area (Å²) in [6.07, 6.45) is 0.453. The lowest BCUT2D eigenvalue weighted by molar-refractivity contribution is -0.146. The van der Waals surface area contributed by atoms with Gasteiger partial charge in [0.1, 0.15) is 5.75 Å². The maximum Gasteiger partial charge on any atom is 0.309 e. The van der Waals surface area contributed by atoms with E-state index in [1.165, 1.54) is 0 Å². The molecule has 0 aliphatic carbocycles. The molecule has 0 aromatic heterocycles. The third-order valence-corrected chi connectivity index (χ3v) is 3.37. The number of nitrogens with zero attached hydrogens (tertiary/aromatic N) is 1. The van der Waals surface area contributed by atoms with Crippen LogP contribution < -0.4 is 0 Å². The van der Waals surface area contributed by atoms with Crippen molar-refractivity contribution in [2.45, 2.75) is 33.7 Å². The Morgan fingerprint density at radius 1 is 1.32 bits per heavy atom. The minimum absolute atomic E-state index is 0.267. The lowest BCUT2D eigenvalue weighted by Crippen LogP contribution is -2.26. The van der Waals surface area contributed by atoms with Gasteiger partial charge in [0.2, 0.25) is 0 Å². The van der Waals surface area contributed by atoms with Crippen LogP contribution in [0.3, 0.4) is 0 Å². The number of rotatable bonds is 5. The molecule has 0 saturated heterocycles. The maximum absolute atomic E-state index is 11.2. The number of carboxylic acids is 1. The average molecular weight is 265 g/mol. The van der Waals surface area contributed by atoms with Crippen molar-refractivity contribution in [3.05, 3.63) is 28.8 Å². The van der Waals surface area contributed by atoms with Crippen LogP contribution in [0.1, 0.15) is 30.5 Å². The summed E-state index contributed by atoms with van der Waals surface area (Å²) in [5.74, 6) is -0.544. The molecular formula is C15H23NO3. The van der Waals surface area contributed by atoms with Gasteiger partial charge in [-0.3, -0.25) is 4.79 Å². The molecule has 1 rings (SSSR count). The fourth-order valence-electron chi connectivity index (χ4n) is 2.05. The van der Waals surface area contributed by atoms with Gasteiger partial charge < -0.3 is 15.1 Å². The van der Waals surface area contributed by atoms with Crippen LogP contribution in [0, 0.1) is 12.3 Å². The van der Waals surface area contributed by atoms with Gasteiger partial charge in [-0.15, -0.1) is 0 Å². The van der Waals surface area contributed by atoms with Crippen molar-refractivity contribution in [2.75, 3.05) is 14.1 Å². The van der Waals surface area contributed by atoms with E-state index in [0.717, 1.165) is 16.7 Å². The Hall–Kier alpha value is -1.55. The predicted octanol–water partition coefficient (Wildman–Crippen LogP) is 2.42. The summed E-state index contributed by atoms with van der Waals surface area (Å²) in [4.78, 5) is 13.2. The van der Waals surface area contributed by atoms with Gasteiger partial charge in [-0.25, -0.2) is 0 Å². The highest BCUT2D eigenvalue weighted by Gasteiger charge is 2.28. The van der Waals surface area contributed by atoms with Gasteiger partial charge in [0.25, 0.3) is 0 Å². The van der Waals surface area contributed by atoms with Crippen molar-refractivity contribution in [3.63, 3.8) is 0 Å². The van der Waals surface area contributed by atoms with Crippen LogP contribution in [-0.4, -0.2) is 35.2 Å². The van der Waals surface area contributed by atoms with Gasteiger partial charge in [0.05, 0.1) is 5.41 Å². The standard InChI is InChI=1S/C15H23NO3/c1-10-11(8-15(2,3)14(18)19)6-7-13(17)12(10)9-16(4)5/h6-7,17H,8-9H2,1-5H3,(H,18,19). The molecule has 0 radical (unpaired) electrons. The molecule has 4 heteroatoms. The summed E-state index contributed by atoms with van der Waals surface area (Å²) in [6.45, 7) is 6.01. The lowest BCUT2D eigenvalue weighted by Gasteiger charge is -2.22.